The Balaban J connectivity index is 2.04. The van der Waals surface area contributed by atoms with Crippen molar-refractivity contribution < 1.29 is 13.2 Å². The number of rotatable bonds is 10. The van der Waals surface area contributed by atoms with Gasteiger partial charge in [0.1, 0.15) is 5.78 Å². The Morgan fingerprint density at radius 3 is 2.52 bits per heavy atom. The largest absolute Gasteiger partial charge is 0.300 e. The average Bonchev–Trinajstić information content (AvgIpc) is 3.12. The van der Waals surface area contributed by atoms with Crippen LogP contribution in [0.15, 0.2) is 48.5 Å². The van der Waals surface area contributed by atoms with E-state index in [9.17, 15) is 13.2 Å². The molecule has 0 saturated carbocycles. The number of sulfonamides is 1. The molecule has 0 spiro atoms. The molecule has 1 atom stereocenters. The number of Topliss-reactive ketones (excluding diaryl/α,β-unsaturated/α-hetero) is 1. The van der Waals surface area contributed by atoms with Crippen LogP contribution in [-0.4, -0.2) is 39.9 Å². The predicted octanol–water partition coefficient (Wildman–Crippen LogP) is 4.39. The van der Waals surface area contributed by atoms with E-state index in [1.807, 2.05) is 64.2 Å². The van der Waals surface area contributed by atoms with Crippen LogP contribution in [0.3, 0.4) is 0 Å². The smallest absolute Gasteiger partial charge is 0.235 e. The number of carbonyl (C=O) groups excluding carboxylic acids is 1. The molecule has 0 fully saturated rings. The first kappa shape index (κ1) is 24.8. The van der Waals surface area contributed by atoms with Gasteiger partial charge >= 0.3 is 0 Å². The number of ketones is 1. The van der Waals surface area contributed by atoms with Crippen LogP contribution in [0.2, 0.25) is 0 Å². The van der Waals surface area contributed by atoms with Crippen LogP contribution < -0.4 is 0 Å². The Bertz CT molecular complexity index is 1280. The molecule has 0 bridgehead atoms. The van der Waals surface area contributed by atoms with Gasteiger partial charge in [-0.1, -0.05) is 49.9 Å². The fourth-order valence-electron chi connectivity index (χ4n) is 3.99. The third kappa shape index (κ3) is 5.75. The monoisotopic (exact) mass is 468 g/mol. The fourth-order valence-corrected chi connectivity index (χ4v) is 5.03. The van der Waals surface area contributed by atoms with Gasteiger partial charge in [0.25, 0.3) is 0 Å². The second-order valence-electron chi connectivity index (χ2n) is 9.01. The molecule has 0 N–H and O–H groups in total. The van der Waals surface area contributed by atoms with Gasteiger partial charge in [-0.2, -0.15) is 4.31 Å². The van der Waals surface area contributed by atoms with E-state index >= 15 is 0 Å². The maximum absolute atomic E-state index is 12.6. The van der Waals surface area contributed by atoms with E-state index in [4.69, 9.17) is 0 Å². The first-order valence-corrected chi connectivity index (χ1v) is 12.5. The summed E-state index contributed by atoms with van der Waals surface area (Å²) in [5.74, 6) is 0.0736. The molecule has 2 aromatic heterocycles. The first-order valence-electron chi connectivity index (χ1n) is 11.0. The molecule has 1 aromatic carbocycles. The highest BCUT2D eigenvalue weighted by Gasteiger charge is 2.23. The minimum Gasteiger partial charge on any atom is -0.300 e. The summed E-state index contributed by atoms with van der Waals surface area (Å²) in [5.41, 5.74) is 5.58. The topological polar surface area (TPSA) is 84.6 Å². The molecule has 0 saturated heterocycles. The Kier molecular flexibility index (Phi) is 7.49. The van der Waals surface area contributed by atoms with Crippen molar-refractivity contribution in [2.24, 2.45) is 5.92 Å². The van der Waals surface area contributed by atoms with Crippen LogP contribution in [0.1, 0.15) is 61.1 Å². The van der Waals surface area contributed by atoms with Gasteiger partial charge < -0.3 is 0 Å². The zero-order valence-electron chi connectivity index (χ0n) is 19.9. The van der Waals surface area contributed by atoms with E-state index < -0.39 is 10.0 Å². The minimum absolute atomic E-state index is 0.0765. The number of hydrogen-bond acceptors (Lipinski definition) is 5. The lowest BCUT2D eigenvalue weighted by molar-refractivity contribution is -0.117. The number of pyridine rings is 1. The zero-order valence-corrected chi connectivity index (χ0v) is 20.8. The molecule has 33 heavy (non-hydrogen) atoms. The normalized spacial score (nSPS) is 13.1. The van der Waals surface area contributed by atoms with Crippen LogP contribution in [0.4, 0.5) is 0 Å². The van der Waals surface area contributed by atoms with Crippen molar-refractivity contribution in [3.63, 3.8) is 0 Å². The second kappa shape index (κ2) is 9.97. The summed E-state index contributed by atoms with van der Waals surface area (Å²) in [6, 6.07) is 9.99. The van der Waals surface area contributed by atoms with Gasteiger partial charge in [-0.3, -0.25) is 4.79 Å². The first-order chi connectivity index (χ1) is 15.5. The van der Waals surface area contributed by atoms with Gasteiger partial charge in [-0.15, -0.1) is 5.10 Å². The molecule has 1 unspecified atom stereocenters. The molecule has 3 aromatic rings. The SMILES string of the molecule is C=CS(=O)(=O)N(Cc1cc(C(CC(C)=O)c2ccc3c(C)nnn3c2)ccc1C)CC(C)C. The lowest BCUT2D eigenvalue weighted by Crippen LogP contribution is -2.32. The number of benzene rings is 1. The molecule has 7 nitrogen and oxygen atoms in total. The summed E-state index contributed by atoms with van der Waals surface area (Å²) < 4.78 is 28.4. The van der Waals surface area contributed by atoms with E-state index in [0.717, 1.165) is 38.9 Å². The van der Waals surface area contributed by atoms with Crippen molar-refractivity contribution in [2.75, 3.05) is 6.54 Å². The Morgan fingerprint density at radius 1 is 1.18 bits per heavy atom. The number of nitrogens with zero attached hydrogens (tertiary/aromatic N) is 4. The molecule has 0 aliphatic heterocycles. The summed E-state index contributed by atoms with van der Waals surface area (Å²) in [7, 11) is -3.57. The lowest BCUT2D eigenvalue weighted by atomic mass is 9.86. The third-order valence-corrected chi connectivity index (χ3v) is 7.19. The van der Waals surface area contributed by atoms with E-state index in [1.165, 1.54) is 4.31 Å². The number of fused-ring (bicyclic) bond motifs is 1. The van der Waals surface area contributed by atoms with Crippen molar-refractivity contribution in [1.82, 2.24) is 19.1 Å². The van der Waals surface area contributed by atoms with E-state index in [2.05, 4.69) is 16.9 Å². The van der Waals surface area contributed by atoms with E-state index in [-0.39, 0.29) is 24.2 Å². The average molecular weight is 469 g/mol. The number of carbonyl (C=O) groups is 1. The molecule has 0 aliphatic carbocycles. The van der Waals surface area contributed by atoms with Gasteiger partial charge in [0.05, 0.1) is 11.2 Å². The Hall–Kier alpha value is -2.84. The molecular weight excluding hydrogens is 436 g/mol. The van der Waals surface area contributed by atoms with Crippen LogP contribution in [-0.2, 0) is 21.4 Å². The Morgan fingerprint density at radius 2 is 1.88 bits per heavy atom. The van der Waals surface area contributed by atoms with Crippen molar-refractivity contribution in [1.29, 1.82) is 0 Å². The quantitative estimate of drug-likeness (QED) is 0.441. The van der Waals surface area contributed by atoms with Crippen LogP contribution in [0, 0.1) is 19.8 Å². The highest BCUT2D eigenvalue weighted by Crippen LogP contribution is 2.31. The Labute approximate surface area is 196 Å². The minimum atomic E-state index is -3.57. The molecule has 0 aliphatic rings. The summed E-state index contributed by atoms with van der Waals surface area (Å²) >= 11 is 0. The molecule has 0 radical (unpaired) electrons. The standard InChI is InChI=1S/C25H32N4O3S/c1-7-33(31,32)28(14-17(2)3)15-23-13-21(9-8-18(23)4)24(12-19(5)30)22-10-11-25-20(6)26-27-29(25)16-22/h7-11,13,16-17,24H,1,12,14-15H2,2-6H3. The van der Waals surface area contributed by atoms with Crippen LogP contribution in [0.25, 0.3) is 5.52 Å². The van der Waals surface area contributed by atoms with Gasteiger partial charge in [0.2, 0.25) is 10.0 Å². The molecular formula is C25H32N4O3S. The summed E-state index contributed by atoms with van der Waals surface area (Å²) in [5, 5.41) is 9.29. The maximum atomic E-state index is 12.6. The van der Waals surface area contributed by atoms with E-state index in [0.29, 0.717) is 13.0 Å². The van der Waals surface area contributed by atoms with Gasteiger partial charge in [0, 0.05) is 37.0 Å². The summed E-state index contributed by atoms with van der Waals surface area (Å²) in [6.07, 6.45) is 2.25. The van der Waals surface area contributed by atoms with Gasteiger partial charge in [-0.05, 0) is 55.0 Å². The van der Waals surface area contributed by atoms with Gasteiger partial charge in [-0.25, -0.2) is 12.9 Å². The number of aromatic nitrogens is 3. The lowest BCUT2D eigenvalue weighted by Gasteiger charge is -2.24. The highest BCUT2D eigenvalue weighted by atomic mass is 32.2. The van der Waals surface area contributed by atoms with Crippen LogP contribution in [0.5, 0.6) is 0 Å². The predicted molar refractivity (Wildman–Crippen MR) is 130 cm³/mol. The van der Waals surface area contributed by atoms with Crippen molar-refractivity contribution >= 4 is 21.3 Å². The second-order valence-corrected chi connectivity index (χ2v) is 10.9. The molecule has 0 amide bonds. The van der Waals surface area contributed by atoms with Crippen molar-refractivity contribution in [3.8, 4) is 0 Å². The number of hydrogen-bond donors (Lipinski definition) is 0. The van der Waals surface area contributed by atoms with Crippen LogP contribution >= 0.6 is 0 Å². The fraction of sp³-hybridized carbons (Fsp3) is 0.400. The molecule has 176 valence electrons. The zero-order chi connectivity index (χ0) is 24.3. The number of aryl methyl sites for hydroxylation is 2. The molecule has 2 heterocycles. The maximum Gasteiger partial charge on any atom is 0.235 e. The molecule has 3 rings (SSSR count). The third-order valence-electron chi connectivity index (χ3n) is 5.77. The van der Waals surface area contributed by atoms with Crippen molar-refractivity contribution in [3.05, 3.63) is 76.5 Å². The highest BCUT2D eigenvalue weighted by molar-refractivity contribution is 7.91. The van der Waals surface area contributed by atoms with Gasteiger partial charge in [0.15, 0.2) is 0 Å². The van der Waals surface area contributed by atoms with E-state index in [1.54, 1.807) is 11.4 Å². The van der Waals surface area contributed by atoms with Crippen molar-refractivity contribution in [2.45, 2.75) is 53.5 Å². The molecule has 8 heteroatoms. The summed E-state index contributed by atoms with van der Waals surface area (Å²) in [6.45, 7) is 13.6. The summed E-state index contributed by atoms with van der Waals surface area (Å²) in [4.78, 5) is 12.2.